The van der Waals surface area contributed by atoms with E-state index in [4.69, 9.17) is 4.74 Å². The van der Waals surface area contributed by atoms with Gasteiger partial charge in [0.2, 0.25) is 10.0 Å². The van der Waals surface area contributed by atoms with E-state index in [0.29, 0.717) is 11.4 Å². The largest absolute Gasteiger partial charge is 0.497 e. The highest BCUT2D eigenvalue weighted by Gasteiger charge is 2.31. The molecule has 0 radical (unpaired) electrons. The fourth-order valence-corrected chi connectivity index (χ4v) is 4.91. The summed E-state index contributed by atoms with van der Waals surface area (Å²) in [6, 6.07) is 10.4. The van der Waals surface area contributed by atoms with Crippen molar-refractivity contribution in [1.82, 2.24) is 9.62 Å². The predicted octanol–water partition coefficient (Wildman–Crippen LogP) is 2.25. The normalized spacial score (nSPS) is 14.9. The Balaban J connectivity index is 1.76. The molecular weight excluding hydrogens is 436 g/mol. The number of nitrogens with one attached hydrogen (secondary N) is 1. The van der Waals surface area contributed by atoms with E-state index in [9.17, 15) is 23.3 Å². The number of amides is 1. The van der Waals surface area contributed by atoms with E-state index in [0.717, 1.165) is 0 Å². The van der Waals surface area contributed by atoms with Crippen LogP contribution in [0.25, 0.3) is 0 Å². The minimum absolute atomic E-state index is 0.0954. The van der Waals surface area contributed by atoms with Crippen LogP contribution in [-0.4, -0.2) is 62.9 Å². The summed E-state index contributed by atoms with van der Waals surface area (Å²) in [5.74, 6) is 0.177. The average molecular weight is 463 g/mol. The van der Waals surface area contributed by atoms with E-state index in [1.54, 1.807) is 43.0 Å². The van der Waals surface area contributed by atoms with Crippen LogP contribution in [0.2, 0.25) is 0 Å². The number of carbonyl (C=O) groups excluding carboxylic acids is 1. The van der Waals surface area contributed by atoms with Gasteiger partial charge in [-0.1, -0.05) is 0 Å². The molecule has 1 aliphatic heterocycles. The molecular formula is C21H26N4O6S. The number of nitro benzene ring substituents is 1. The first-order valence-corrected chi connectivity index (χ1v) is 11.6. The van der Waals surface area contributed by atoms with Crippen LogP contribution in [0.4, 0.5) is 11.4 Å². The van der Waals surface area contributed by atoms with Gasteiger partial charge in [-0.05, 0) is 50.2 Å². The van der Waals surface area contributed by atoms with Crippen LogP contribution >= 0.6 is 0 Å². The number of rotatable bonds is 7. The number of anilines is 1. The maximum Gasteiger partial charge on any atom is 0.293 e. The Hall–Kier alpha value is -3.18. The molecule has 0 bridgehead atoms. The first kappa shape index (κ1) is 23.5. The molecule has 1 amide bonds. The Bertz CT molecular complexity index is 1090. The van der Waals surface area contributed by atoms with E-state index in [1.807, 2.05) is 0 Å². The molecule has 1 heterocycles. The zero-order valence-electron chi connectivity index (χ0n) is 18.1. The Morgan fingerprint density at radius 1 is 1.09 bits per heavy atom. The molecule has 0 saturated carbocycles. The lowest BCUT2D eigenvalue weighted by Gasteiger charge is -2.35. The van der Waals surface area contributed by atoms with Crippen molar-refractivity contribution in [2.75, 3.05) is 38.2 Å². The lowest BCUT2D eigenvalue weighted by Crippen LogP contribution is -2.48. The smallest absolute Gasteiger partial charge is 0.293 e. The van der Waals surface area contributed by atoms with Crippen molar-refractivity contribution < 1.29 is 22.9 Å². The maximum atomic E-state index is 12.9. The molecule has 11 heteroatoms. The predicted molar refractivity (Wildman–Crippen MR) is 120 cm³/mol. The number of hydrogen-bond donors (Lipinski definition) is 1. The van der Waals surface area contributed by atoms with Gasteiger partial charge in [-0.15, -0.1) is 0 Å². The van der Waals surface area contributed by atoms with Crippen molar-refractivity contribution in [3.63, 3.8) is 0 Å². The monoisotopic (exact) mass is 462 g/mol. The Labute approximate surface area is 187 Å². The number of benzene rings is 2. The highest BCUT2D eigenvalue weighted by Crippen LogP contribution is 2.31. The van der Waals surface area contributed by atoms with Gasteiger partial charge in [0.05, 0.1) is 16.9 Å². The summed E-state index contributed by atoms with van der Waals surface area (Å²) in [5.41, 5.74) is 0.375. The number of nitro groups is 1. The summed E-state index contributed by atoms with van der Waals surface area (Å²) >= 11 is 0. The number of sulfonamides is 1. The van der Waals surface area contributed by atoms with E-state index in [2.05, 4.69) is 5.32 Å². The minimum atomic E-state index is -3.68. The molecule has 1 aliphatic rings. The van der Waals surface area contributed by atoms with E-state index >= 15 is 0 Å². The Morgan fingerprint density at radius 2 is 1.72 bits per heavy atom. The second kappa shape index (κ2) is 9.53. The molecule has 2 aromatic carbocycles. The van der Waals surface area contributed by atoms with E-state index in [-0.39, 0.29) is 54.3 Å². The quantitative estimate of drug-likeness (QED) is 0.495. The average Bonchev–Trinajstić information content (AvgIpc) is 2.78. The summed E-state index contributed by atoms with van der Waals surface area (Å²) in [7, 11) is -2.18. The van der Waals surface area contributed by atoms with Gasteiger partial charge in [-0.25, -0.2) is 8.42 Å². The molecule has 172 valence electrons. The molecule has 0 spiro atoms. The standard InChI is InChI=1S/C21H26N4O6S/c1-15(2)22-21(26)16-4-9-19(20(14-16)25(27)28)23-10-12-24(13-11-23)32(29,30)18-7-5-17(31-3)6-8-18/h4-9,14-15H,10-13H2,1-3H3,(H,22,26). The van der Waals surface area contributed by atoms with Gasteiger partial charge in [0.1, 0.15) is 11.4 Å². The topological polar surface area (TPSA) is 122 Å². The summed E-state index contributed by atoms with van der Waals surface area (Å²) in [5, 5.41) is 14.4. The van der Waals surface area contributed by atoms with E-state index < -0.39 is 14.9 Å². The molecule has 2 aromatic rings. The van der Waals surface area contributed by atoms with Gasteiger partial charge in [0, 0.05) is 43.9 Å². The minimum Gasteiger partial charge on any atom is -0.497 e. The van der Waals surface area contributed by atoms with Gasteiger partial charge in [0.15, 0.2) is 0 Å². The number of piperazine rings is 1. The second-order valence-electron chi connectivity index (χ2n) is 7.66. The molecule has 32 heavy (non-hydrogen) atoms. The molecule has 0 aliphatic carbocycles. The molecule has 3 rings (SSSR count). The highest BCUT2D eigenvalue weighted by atomic mass is 32.2. The number of nitrogens with zero attached hydrogens (tertiary/aromatic N) is 3. The maximum absolute atomic E-state index is 12.9. The number of methoxy groups -OCH3 is 1. The zero-order valence-corrected chi connectivity index (χ0v) is 19.0. The molecule has 0 atom stereocenters. The van der Waals surface area contributed by atoms with Gasteiger partial charge >= 0.3 is 0 Å². The van der Waals surface area contributed by atoms with Crippen LogP contribution in [0.15, 0.2) is 47.4 Å². The van der Waals surface area contributed by atoms with Gasteiger partial charge in [0.25, 0.3) is 11.6 Å². The van der Waals surface area contributed by atoms with Gasteiger partial charge in [-0.3, -0.25) is 14.9 Å². The third-order valence-electron chi connectivity index (χ3n) is 5.13. The summed E-state index contributed by atoms with van der Waals surface area (Å²) < 4.78 is 32.3. The lowest BCUT2D eigenvalue weighted by molar-refractivity contribution is -0.384. The second-order valence-corrected chi connectivity index (χ2v) is 9.59. The molecule has 0 unspecified atom stereocenters. The van der Waals surface area contributed by atoms with Gasteiger partial charge in [-0.2, -0.15) is 4.31 Å². The van der Waals surface area contributed by atoms with Crippen LogP contribution in [0.5, 0.6) is 5.75 Å². The SMILES string of the molecule is COc1ccc(S(=O)(=O)N2CCN(c3ccc(C(=O)NC(C)C)cc3[N+](=O)[O-])CC2)cc1. The molecule has 1 fully saturated rings. The van der Waals surface area contributed by atoms with E-state index in [1.165, 1.54) is 29.6 Å². The van der Waals surface area contributed by atoms with Crippen LogP contribution in [0.3, 0.4) is 0 Å². The summed E-state index contributed by atoms with van der Waals surface area (Å²) in [4.78, 5) is 25.3. The first-order valence-electron chi connectivity index (χ1n) is 10.1. The lowest BCUT2D eigenvalue weighted by atomic mass is 10.1. The number of carbonyl (C=O) groups is 1. The highest BCUT2D eigenvalue weighted by molar-refractivity contribution is 7.89. The van der Waals surface area contributed by atoms with Crippen molar-refractivity contribution in [3.8, 4) is 5.75 Å². The molecule has 1 saturated heterocycles. The van der Waals surface area contributed by atoms with Crippen molar-refractivity contribution in [1.29, 1.82) is 0 Å². The third kappa shape index (κ3) is 5.00. The fourth-order valence-electron chi connectivity index (χ4n) is 3.49. The Kier molecular flexibility index (Phi) is 6.99. The van der Waals surface area contributed by atoms with Crippen LogP contribution in [0, 0.1) is 10.1 Å². The van der Waals surface area contributed by atoms with Crippen molar-refractivity contribution in [2.24, 2.45) is 0 Å². The van der Waals surface area contributed by atoms with Gasteiger partial charge < -0.3 is 15.0 Å². The molecule has 10 nitrogen and oxygen atoms in total. The van der Waals surface area contributed by atoms with Crippen LogP contribution in [0.1, 0.15) is 24.2 Å². The Morgan fingerprint density at radius 3 is 2.25 bits per heavy atom. The summed E-state index contributed by atoms with van der Waals surface area (Å²) in [6.07, 6.45) is 0. The molecule has 1 N–H and O–H groups in total. The summed E-state index contributed by atoms with van der Waals surface area (Å²) in [6.45, 7) is 4.55. The van der Waals surface area contributed by atoms with Crippen LogP contribution < -0.4 is 15.0 Å². The fraction of sp³-hybridized carbons (Fsp3) is 0.381. The number of hydrogen-bond acceptors (Lipinski definition) is 7. The first-order chi connectivity index (χ1) is 15.1. The molecule has 0 aromatic heterocycles. The zero-order chi connectivity index (χ0) is 23.5. The third-order valence-corrected chi connectivity index (χ3v) is 7.04. The number of ether oxygens (including phenoxy) is 1. The van der Waals surface area contributed by atoms with Crippen molar-refractivity contribution in [3.05, 3.63) is 58.1 Å². The van der Waals surface area contributed by atoms with Crippen molar-refractivity contribution >= 4 is 27.3 Å². The van der Waals surface area contributed by atoms with Crippen molar-refractivity contribution in [2.45, 2.75) is 24.8 Å². The van der Waals surface area contributed by atoms with Crippen LogP contribution in [-0.2, 0) is 10.0 Å².